The van der Waals surface area contributed by atoms with Crippen molar-refractivity contribution in [3.63, 3.8) is 0 Å². The molecule has 0 saturated carbocycles. The third-order valence-corrected chi connectivity index (χ3v) is 5.98. The highest BCUT2D eigenvalue weighted by molar-refractivity contribution is 7.99. The van der Waals surface area contributed by atoms with Gasteiger partial charge in [0.1, 0.15) is 28.2 Å². The van der Waals surface area contributed by atoms with Crippen LogP contribution < -0.4 is 4.74 Å². The first-order valence-corrected chi connectivity index (χ1v) is 11.1. The Morgan fingerprint density at radius 2 is 1.58 bits per heavy atom. The summed E-state index contributed by atoms with van der Waals surface area (Å²) in [6.07, 6.45) is 0. The molecule has 0 bridgehead atoms. The van der Waals surface area contributed by atoms with Gasteiger partial charge in [0.25, 0.3) is 0 Å². The predicted molar refractivity (Wildman–Crippen MR) is 127 cm³/mol. The van der Waals surface area contributed by atoms with E-state index >= 15 is 0 Å². The molecule has 0 atom stereocenters. The maximum atomic E-state index is 12.2. The lowest BCUT2D eigenvalue weighted by molar-refractivity contribution is 0.0734. The molecule has 0 aliphatic heterocycles. The van der Waals surface area contributed by atoms with Crippen LogP contribution in [0.1, 0.15) is 15.9 Å². The second-order valence-electron chi connectivity index (χ2n) is 7.46. The van der Waals surface area contributed by atoms with E-state index in [0.29, 0.717) is 17.0 Å². The lowest BCUT2D eigenvalue weighted by atomic mass is 10.2. The van der Waals surface area contributed by atoms with Crippen molar-refractivity contribution in [3.8, 4) is 17.2 Å². The van der Waals surface area contributed by atoms with Crippen LogP contribution in [0.15, 0.2) is 101 Å². The van der Waals surface area contributed by atoms with E-state index in [9.17, 15) is 9.90 Å². The van der Waals surface area contributed by atoms with E-state index in [0.717, 1.165) is 26.4 Å². The molecular formula is C26H19N3O3S. The Bertz CT molecular complexity index is 1450. The van der Waals surface area contributed by atoms with E-state index in [-0.39, 0.29) is 11.7 Å². The summed E-state index contributed by atoms with van der Waals surface area (Å²) < 4.78 is 5.44. The number of aryl methyl sites for hydroxylation is 1. The van der Waals surface area contributed by atoms with Crippen molar-refractivity contribution < 1.29 is 14.6 Å². The Hall–Kier alpha value is -4.10. The number of aromatic nitrogens is 3. The fourth-order valence-corrected chi connectivity index (χ4v) is 4.16. The zero-order valence-electron chi connectivity index (χ0n) is 17.7. The number of hydrogen-bond acceptors (Lipinski definition) is 6. The highest BCUT2D eigenvalue weighted by Gasteiger charge is 2.11. The molecule has 5 aromatic rings. The standard InChI is InChI=1S/C26H19N3O3S/c1-17-7-14-25(30)24(15-17)29-27-22-13-12-21(16-23(22)28-29)33-20-10-8-19(9-11-20)32-26(31)18-5-3-2-4-6-18/h2-16,30H,1H3. The third-order valence-electron chi connectivity index (χ3n) is 4.98. The molecule has 0 spiro atoms. The molecule has 5 rings (SSSR count). The summed E-state index contributed by atoms with van der Waals surface area (Å²) in [5.41, 5.74) is 3.54. The van der Waals surface area contributed by atoms with Crippen LogP contribution >= 0.6 is 11.8 Å². The number of carbonyl (C=O) groups is 1. The molecule has 7 heteroatoms. The number of ether oxygens (including phenoxy) is 1. The Kier molecular flexibility index (Phi) is 5.54. The van der Waals surface area contributed by atoms with Gasteiger partial charge in [-0.3, -0.25) is 0 Å². The van der Waals surface area contributed by atoms with Crippen molar-refractivity contribution in [2.75, 3.05) is 0 Å². The van der Waals surface area contributed by atoms with Crippen LogP contribution in [0.4, 0.5) is 0 Å². The average Bonchev–Trinajstić information content (AvgIpc) is 3.25. The fourth-order valence-electron chi connectivity index (χ4n) is 3.31. The highest BCUT2D eigenvalue weighted by atomic mass is 32.2. The molecular weight excluding hydrogens is 434 g/mol. The van der Waals surface area contributed by atoms with Crippen molar-refractivity contribution in [2.45, 2.75) is 16.7 Å². The quantitative estimate of drug-likeness (QED) is 0.267. The summed E-state index contributed by atoms with van der Waals surface area (Å²) in [6, 6.07) is 27.4. The summed E-state index contributed by atoms with van der Waals surface area (Å²) in [7, 11) is 0. The second kappa shape index (κ2) is 8.80. The molecule has 0 saturated heterocycles. The van der Waals surface area contributed by atoms with Gasteiger partial charge in [0, 0.05) is 9.79 Å². The minimum Gasteiger partial charge on any atom is -0.506 e. The number of phenolic OH excluding ortho intramolecular Hbond substituents is 1. The highest BCUT2D eigenvalue weighted by Crippen LogP contribution is 2.31. The molecule has 0 fully saturated rings. The summed E-state index contributed by atoms with van der Waals surface area (Å²) in [5, 5.41) is 19.2. The summed E-state index contributed by atoms with van der Waals surface area (Å²) in [5.74, 6) is 0.234. The lowest BCUT2D eigenvalue weighted by Gasteiger charge is -2.06. The van der Waals surface area contributed by atoms with Gasteiger partial charge in [0.2, 0.25) is 0 Å². The predicted octanol–water partition coefficient (Wildman–Crippen LogP) is 5.80. The van der Waals surface area contributed by atoms with Crippen LogP contribution in [-0.4, -0.2) is 26.1 Å². The van der Waals surface area contributed by atoms with Gasteiger partial charge in [-0.1, -0.05) is 36.0 Å². The first kappa shape index (κ1) is 20.8. The zero-order valence-corrected chi connectivity index (χ0v) is 18.5. The van der Waals surface area contributed by atoms with Crippen molar-refractivity contribution in [2.24, 2.45) is 0 Å². The normalized spacial score (nSPS) is 10.9. The van der Waals surface area contributed by atoms with Crippen molar-refractivity contribution in [1.82, 2.24) is 15.0 Å². The molecule has 0 unspecified atom stereocenters. The first-order valence-electron chi connectivity index (χ1n) is 10.3. The zero-order chi connectivity index (χ0) is 22.8. The van der Waals surface area contributed by atoms with E-state index in [1.807, 2.05) is 55.5 Å². The fraction of sp³-hybridized carbons (Fsp3) is 0.0385. The van der Waals surface area contributed by atoms with E-state index < -0.39 is 0 Å². The Labute approximate surface area is 194 Å². The van der Waals surface area contributed by atoms with Crippen LogP contribution in [0.5, 0.6) is 11.5 Å². The Morgan fingerprint density at radius 3 is 2.36 bits per heavy atom. The van der Waals surface area contributed by atoms with Crippen molar-refractivity contribution in [1.29, 1.82) is 0 Å². The largest absolute Gasteiger partial charge is 0.506 e. The Balaban J connectivity index is 1.32. The molecule has 1 heterocycles. The van der Waals surface area contributed by atoms with Gasteiger partial charge >= 0.3 is 5.97 Å². The molecule has 0 amide bonds. The van der Waals surface area contributed by atoms with E-state index in [2.05, 4.69) is 10.2 Å². The summed E-state index contributed by atoms with van der Waals surface area (Å²) in [6.45, 7) is 1.95. The maximum absolute atomic E-state index is 12.2. The monoisotopic (exact) mass is 453 g/mol. The molecule has 6 nitrogen and oxygen atoms in total. The first-order chi connectivity index (χ1) is 16.0. The molecule has 1 N–H and O–H groups in total. The number of esters is 1. The molecule has 4 aromatic carbocycles. The second-order valence-corrected chi connectivity index (χ2v) is 8.61. The van der Waals surface area contributed by atoms with Gasteiger partial charge < -0.3 is 9.84 Å². The topological polar surface area (TPSA) is 77.2 Å². The van der Waals surface area contributed by atoms with E-state index in [4.69, 9.17) is 4.74 Å². The number of fused-ring (bicyclic) bond motifs is 1. The average molecular weight is 454 g/mol. The number of phenols is 1. The molecule has 1 aromatic heterocycles. The molecule has 162 valence electrons. The van der Waals surface area contributed by atoms with Crippen LogP contribution in [0.3, 0.4) is 0 Å². The van der Waals surface area contributed by atoms with Gasteiger partial charge in [-0.2, -0.15) is 0 Å². The van der Waals surface area contributed by atoms with Gasteiger partial charge in [0.05, 0.1) is 5.56 Å². The van der Waals surface area contributed by atoms with Gasteiger partial charge in [-0.25, -0.2) is 4.79 Å². The molecule has 0 aliphatic carbocycles. The smallest absolute Gasteiger partial charge is 0.343 e. The van der Waals surface area contributed by atoms with Crippen LogP contribution in [-0.2, 0) is 0 Å². The number of hydrogen-bond donors (Lipinski definition) is 1. The SMILES string of the molecule is Cc1ccc(O)c(-n2nc3ccc(Sc4ccc(OC(=O)c5ccccc5)cc4)cc3n2)c1. The minimum atomic E-state index is -0.385. The number of nitrogens with zero attached hydrogens (tertiary/aromatic N) is 3. The summed E-state index contributed by atoms with van der Waals surface area (Å²) in [4.78, 5) is 15.7. The molecule has 33 heavy (non-hydrogen) atoms. The van der Waals surface area contributed by atoms with E-state index in [1.54, 1.807) is 54.2 Å². The third kappa shape index (κ3) is 4.58. The minimum absolute atomic E-state index is 0.128. The van der Waals surface area contributed by atoms with Crippen LogP contribution in [0.25, 0.3) is 16.7 Å². The van der Waals surface area contributed by atoms with Crippen molar-refractivity contribution >= 4 is 28.8 Å². The van der Waals surface area contributed by atoms with Gasteiger partial charge in [0.15, 0.2) is 0 Å². The number of aromatic hydroxyl groups is 1. The van der Waals surface area contributed by atoms with E-state index in [1.165, 1.54) is 4.80 Å². The lowest BCUT2D eigenvalue weighted by Crippen LogP contribution is -2.07. The number of rotatable bonds is 5. The number of benzene rings is 4. The van der Waals surface area contributed by atoms with Crippen LogP contribution in [0, 0.1) is 6.92 Å². The molecule has 0 radical (unpaired) electrons. The van der Waals surface area contributed by atoms with Gasteiger partial charge in [-0.05, 0) is 79.2 Å². The summed E-state index contributed by atoms with van der Waals surface area (Å²) >= 11 is 1.57. The van der Waals surface area contributed by atoms with Gasteiger partial charge in [-0.15, -0.1) is 15.0 Å². The van der Waals surface area contributed by atoms with Crippen molar-refractivity contribution in [3.05, 3.63) is 102 Å². The molecule has 0 aliphatic rings. The maximum Gasteiger partial charge on any atom is 0.343 e. The Morgan fingerprint density at radius 1 is 0.848 bits per heavy atom. The van der Waals surface area contributed by atoms with Crippen LogP contribution in [0.2, 0.25) is 0 Å². The number of carbonyl (C=O) groups excluding carboxylic acids is 1.